The number of hydrogen-bond donors (Lipinski definition) is 1. The summed E-state index contributed by atoms with van der Waals surface area (Å²) < 4.78 is 0. The van der Waals surface area contributed by atoms with Crippen LogP contribution in [0.5, 0.6) is 0 Å². The molecule has 21 heavy (non-hydrogen) atoms. The number of aromatic nitrogens is 1. The molecule has 0 saturated carbocycles. The Kier molecular flexibility index (Phi) is 2.63. The first-order chi connectivity index (χ1) is 10.2. The highest BCUT2D eigenvalue weighted by Crippen LogP contribution is 2.44. The molecule has 1 N–H and O–H groups in total. The summed E-state index contributed by atoms with van der Waals surface area (Å²) in [5, 5.41) is 13.6. The summed E-state index contributed by atoms with van der Waals surface area (Å²) >= 11 is 0. The molecule has 0 fully saturated rings. The van der Waals surface area contributed by atoms with Crippen molar-refractivity contribution in [1.82, 2.24) is 4.98 Å². The molecule has 2 nitrogen and oxygen atoms in total. The van der Waals surface area contributed by atoms with Crippen molar-refractivity contribution in [3.05, 3.63) is 77.1 Å². The molecular formula is C19H17NO. The van der Waals surface area contributed by atoms with Gasteiger partial charge in [-0.05, 0) is 36.3 Å². The van der Waals surface area contributed by atoms with E-state index in [4.69, 9.17) is 0 Å². The average Bonchev–Trinajstić information content (AvgIpc) is 2.85. The van der Waals surface area contributed by atoms with Crippen LogP contribution in [0.4, 0.5) is 0 Å². The zero-order chi connectivity index (χ0) is 14.4. The van der Waals surface area contributed by atoms with Crippen LogP contribution < -0.4 is 0 Å². The molecule has 0 bridgehead atoms. The molecule has 104 valence electrons. The minimum atomic E-state index is -0.921. The Labute approximate surface area is 124 Å². The van der Waals surface area contributed by atoms with E-state index >= 15 is 0 Å². The number of pyridine rings is 1. The van der Waals surface area contributed by atoms with Crippen molar-refractivity contribution in [2.45, 2.75) is 25.4 Å². The molecule has 0 saturated heterocycles. The lowest BCUT2D eigenvalue weighted by Crippen LogP contribution is -2.24. The van der Waals surface area contributed by atoms with Crippen molar-refractivity contribution in [3.8, 4) is 0 Å². The van der Waals surface area contributed by atoms with E-state index in [1.165, 1.54) is 11.1 Å². The van der Waals surface area contributed by atoms with Crippen LogP contribution in [-0.4, -0.2) is 10.1 Å². The van der Waals surface area contributed by atoms with Crippen molar-refractivity contribution in [2.24, 2.45) is 0 Å². The first-order valence-electron chi connectivity index (χ1n) is 7.34. The Morgan fingerprint density at radius 3 is 2.81 bits per heavy atom. The maximum absolute atomic E-state index is 11.4. The standard InChI is InChI=1S/C19H17NO/c1-13-6-7-14-8-9-19(21,17(14)10-13)18-12-20-11-15-4-2-3-5-16(15)18/h2-7,10-12,21H,8-9H2,1H3. The molecule has 1 aliphatic carbocycles. The van der Waals surface area contributed by atoms with E-state index in [9.17, 15) is 5.11 Å². The average molecular weight is 275 g/mol. The minimum Gasteiger partial charge on any atom is -0.380 e. The fourth-order valence-electron chi connectivity index (χ4n) is 3.47. The first kappa shape index (κ1) is 12.5. The summed E-state index contributed by atoms with van der Waals surface area (Å²) in [4.78, 5) is 4.34. The van der Waals surface area contributed by atoms with Crippen molar-refractivity contribution in [3.63, 3.8) is 0 Å². The van der Waals surface area contributed by atoms with Gasteiger partial charge in [0.1, 0.15) is 5.60 Å². The molecular weight excluding hydrogens is 258 g/mol. The Morgan fingerprint density at radius 1 is 1.05 bits per heavy atom. The summed E-state index contributed by atoms with van der Waals surface area (Å²) in [5.74, 6) is 0. The fraction of sp³-hybridized carbons (Fsp3) is 0.211. The first-order valence-corrected chi connectivity index (χ1v) is 7.34. The zero-order valence-corrected chi connectivity index (χ0v) is 12.0. The van der Waals surface area contributed by atoms with E-state index in [1.54, 1.807) is 0 Å². The zero-order valence-electron chi connectivity index (χ0n) is 12.0. The van der Waals surface area contributed by atoms with Crippen LogP contribution in [0.3, 0.4) is 0 Å². The van der Waals surface area contributed by atoms with Crippen LogP contribution in [0.15, 0.2) is 54.9 Å². The maximum atomic E-state index is 11.4. The van der Waals surface area contributed by atoms with Crippen LogP contribution in [-0.2, 0) is 12.0 Å². The minimum absolute atomic E-state index is 0.724. The largest absolute Gasteiger partial charge is 0.380 e. The van der Waals surface area contributed by atoms with Crippen molar-refractivity contribution >= 4 is 10.8 Å². The molecule has 0 amide bonds. The number of fused-ring (bicyclic) bond motifs is 2. The van der Waals surface area contributed by atoms with Gasteiger partial charge in [0.05, 0.1) is 0 Å². The third-order valence-corrected chi connectivity index (χ3v) is 4.58. The second-order valence-corrected chi connectivity index (χ2v) is 5.93. The summed E-state index contributed by atoms with van der Waals surface area (Å²) in [6.45, 7) is 2.07. The molecule has 1 aromatic heterocycles. The van der Waals surface area contributed by atoms with Crippen LogP contribution in [0.1, 0.15) is 28.7 Å². The van der Waals surface area contributed by atoms with Crippen LogP contribution in [0.25, 0.3) is 10.8 Å². The molecule has 1 unspecified atom stereocenters. The van der Waals surface area contributed by atoms with Gasteiger partial charge >= 0.3 is 0 Å². The van der Waals surface area contributed by atoms with E-state index in [2.05, 4.69) is 36.2 Å². The SMILES string of the molecule is Cc1ccc2c(c1)C(O)(c1cncc3ccccc13)CC2. The van der Waals surface area contributed by atoms with Gasteiger partial charge < -0.3 is 5.11 Å². The van der Waals surface area contributed by atoms with Crippen molar-refractivity contribution < 1.29 is 5.11 Å². The van der Waals surface area contributed by atoms with Gasteiger partial charge in [-0.25, -0.2) is 0 Å². The number of aryl methyl sites for hydroxylation is 2. The van der Waals surface area contributed by atoms with Gasteiger partial charge in [0.15, 0.2) is 0 Å². The number of aliphatic hydroxyl groups is 1. The van der Waals surface area contributed by atoms with Crippen LogP contribution in [0.2, 0.25) is 0 Å². The second kappa shape index (κ2) is 4.40. The summed E-state index contributed by atoms with van der Waals surface area (Å²) in [7, 11) is 0. The molecule has 4 rings (SSSR count). The molecule has 1 heterocycles. The molecule has 0 spiro atoms. The molecule has 1 aliphatic rings. The molecule has 1 atom stereocenters. The summed E-state index contributed by atoms with van der Waals surface area (Å²) in [6.07, 6.45) is 5.31. The summed E-state index contributed by atoms with van der Waals surface area (Å²) in [6, 6.07) is 14.5. The number of benzene rings is 2. The number of hydrogen-bond acceptors (Lipinski definition) is 2. The highest BCUT2D eigenvalue weighted by atomic mass is 16.3. The van der Waals surface area contributed by atoms with Crippen molar-refractivity contribution in [2.75, 3.05) is 0 Å². The van der Waals surface area contributed by atoms with Gasteiger partial charge in [0.2, 0.25) is 0 Å². The number of rotatable bonds is 1. The van der Waals surface area contributed by atoms with Gasteiger partial charge in [-0.3, -0.25) is 4.98 Å². The van der Waals surface area contributed by atoms with Crippen LogP contribution in [0, 0.1) is 6.92 Å². The van der Waals surface area contributed by atoms with E-state index < -0.39 is 5.60 Å². The molecule has 0 aliphatic heterocycles. The van der Waals surface area contributed by atoms with Crippen LogP contribution >= 0.6 is 0 Å². The second-order valence-electron chi connectivity index (χ2n) is 5.93. The highest BCUT2D eigenvalue weighted by molar-refractivity contribution is 5.86. The van der Waals surface area contributed by atoms with E-state index in [0.717, 1.165) is 34.7 Å². The molecule has 3 aromatic rings. The van der Waals surface area contributed by atoms with E-state index in [1.807, 2.05) is 30.6 Å². The number of nitrogens with zero attached hydrogens (tertiary/aromatic N) is 1. The molecule has 0 radical (unpaired) electrons. The monoisotopic (exact) mass is 275 g/mol. The lowest BCUT2D eigenvalue weighted by Gasteiger charge is -2.26. The van der Waals surface area contributed by atoms with E-state index in [0.29, 0.717) is 0 Å². The summed E-state index contributed by atoms with van der Waals surface area (Å²) in [5.41, 5.74) is 3.47. The van der Waals surface area contributed by atoms with Crippen molar-refractivity contribution in [1.29, 1.82) is 0 Å². The smallest absolute Gasteiger partial charge is 0.117 e. The Bertz CT molecular complexity index is 835. The highest BCUT2D eigenvalue weighted by Gasteiger charge is 2.39. The van der Waals surface area contributed by atoms with Gasteiger partial charge in [0.25, 0.3) is 0 Å². The van der Waals surface area contributed by atoms with E-state index in [-0.39, 0.29) is 0 Å². The predicted molar refractivity (Wildman–Crippen MR) is 84.2 cm³/mol. The quantitative estimate of drug-likeness (QED) is 0.734. The maximum Gasteiger partial charge on any atom is 0.117 e. The molecule has 2 aromatic carbocycles. The van der Waals surface area contributed by atoms with Gasteiger partial charge in [-0.2, -0.15) is 0 Å². The lowest BCUT2D eigenvalue weighted by molar-refractivity contribution is 0.0841. The third-order valence-electron chi connectivity index (χ3n) is 4.58. The fourth-order valence-corrected chi connectivity index (χ4v) is 3.47. The normalized spacial score (nSPS) is 20.7. The van der Waals surface area contributed by atoms with Gasteiger partial charge in [-0.1, -0.05) is 48.0 Å². The lowest BCUT2D eigenvalue weighted by atomic mass is 9.85. The molecule has 2 heteroatoms. The predicted octanol–water partition coefficient (Wildman–Crippen LogP) is 3.73. The Hall–Kier alpha value is -2.19. The van der Waals surface area contributed by atoms with Gasteiger partial charge in [-0.15, -0.1) is 0 Å². The Balaban J connectivity index is 2.00. The Morgan fingerprint density at radius 2 is 1.90 bits per heavy atom. The third kappa shape index (κ3) is 1.79. The van der Waals surface area contributed by atoms with Gasteiger partial charge in [0, 0.05) is 23.3 Å². The topological polar surface area (TPSA) is 33.1 Å².